The minimum atomic E-state index is -0.411. The summed E-state index contributed by atoms with van der Waals surface area (Å²) in [6.45, 7) is 1.89. The van der Waals surface area contributed by atoms with Crippen LogP contribution in [0.25, 0.3) is 0 Å². The first kappa shape index (κ1) is 12.5. The van der Waals surface area contributed by atoms with Crippen LogP contribution in [-0.4, -0.2) is 36.9 Å². The summed E-state index contributed by atoms with van der Waals surface area (Å²) in [5.41, 5.74) is 0. The van der Waals surface area contributed by atoms with Gasteiger partial charge in [0, 0.05) is 25.7 Å². The van der Waals surface area contributed by atoms with Crippen LogP contribution >= 0.6 is 0 Å². The highest BCUT2D eigenvalue weighted by molar-refractivity contribution is 5.80. The van der Waals surface area contributed by atoms with Crippen LogP contribution in [0.3, 0.4) is 0 Å². The van der Waals surface area contributed by atoms with Crippen LogP contribution in [0.1, 0.15) is 32.6 Å². The monoisotopic (exact) mass is 215 g/mol. The third kappa shape index (κ3) is 3.47. The van der Waals surface area contributed by atoms with Crippen molar-refractivity contribution in [2.75, 3.05) is 13.7 Å². The number of hydrogen-bond donors (Lipinski definition) is 2. The lowest BCUT2D eigenvalue weighted by atomic mass is 9.85. The molecule has 1 rings (SSSR count). The van der Waals surface area contributed by atoms with Crippen LogP contribution in [0.2, 0.25) is 0 Å². The largest absolute Gasteiger partial charge is 0.396 e. The summed E-state index contributed by atoms with van der Waals surface area (Å²) in [4.78, 5) is 11.6. The van der Waals surface area contributed by atoms with E-state index in [0.29, 0.717) is 0 Å². The quantitative estimate of drug-likeness (QED) is 0.725. The summed E-state index contributed by atoms with van der Waals surface area (Å²) >= 11 is 0. The van der Waals surface area contributed by atoms with E-state index in [2.05, 4.69) is 5.32 Å². The zero-order valence-electron chi connectivity index (χ0n) is 9.53. The van der Waals surface area contributed by atoms with E-state index in [-0.39, 0.29) is 24.5 Å². The molecule has 0 bridgehead atoms. The molecule has 0 aromatic heterocycles. The Balaban J connectivity index is 2.44. The van der Waals surface area contributed by atoms with Crippen molar-refractivity contribution in [3.63, 3.8) is 0 Å². The molecule has 88 valence electrons. The van der Waals surface area contributed by atoms with Gasteiger partial charge in [-0.2, -0.15) is 0 Å². The molecule has 1 aliphatic rings. The number of ether oxygens (including phenoxy) is 1. The van der Waals surface area contributed by atoms with Crippen molar-refractivity contribution in [1.29, 1.82) is 0 Å². The molecule has 0 radical (unpaired) electrons. The van der Waals surface area contributed by atoms with Crippen molar-refractivity contribution in [2.45, 2.75) is 44.8 Å². The number of hydrogen-bond acceptors (Lipinski definition) is 3. The van der Waals surface area contributed by atoms with E-state index in [1.807, 2.05) is 0 Å². The van der Waals surface area contributed by atoms with Crippen LogP contribution in [0.5, 0.6) is 0 Å². The number of methoxy groups -OCH3 is 1. The summed E-state index contributed by atoms with van der Waals surface area (Å²) in [7, 11) is 1.52. The highest BCUT2D eigenvalue weighted by atomic mass is 16.5. The van der Waals surface area contributed by atoms with E-state index in [9.17, 15) is 9.90 Å². The second-order valence-corrected chi connectivity index (χ2v) is 4.22. The van der Waals surface area contributed by atoms with Crippen LogP contribution in [0, 0.1) is 5.92 Å². The molecular weight excluding hydrogens is 194 g/mol. The second-order valence-electron chi connectivity index (χ2n) is 4.22. The lowest BCUT2D eigenvalue weighted by molar-refractivity contribution is -0.131. The zero-order chi connectivity index (χ0) is 11.3. The van der Waals surface area contributed by atoms with E-state index >= 15 is 0 Å². The first-order valence-electron chi connectivity index (χ1n) is 5.63. The normalized spacial score (nSPS) is 28.5. The Bertz CT molecular complexity index is 208. The number of amides is 1. The predicted octanol–water partition coefficient (Wildman–Crippen LogP) is 0.689. The van der Waals surface area contributed by atoms with Gasteiger partial charge in [-0.05, 0) is 19.8 Å². The summed E-state index contributed by atoms with van der Waals surface area (Å²) in [6.07, 6.45) is 3.84. The lowest BCUT2D eigenvalue weighted by Crippen LogP contribution is -2.47. The Morgan fingerprint density at radius 1 is 1.53 bits per heavy atom. The van der Waals surface area contributed by atoms with E-state index in [4.69, 9.17) is 4.74 Å². The minimum absolute atomic E-state index is 0.0807. The molecule has 1 saturated carbocycles. The molecule has 0 spiro atoms. The van der Waals surface area contributed by atoms with E-state index in [1.54, 1.807) is 6.92 Å². The van der Waals surface area contributed by atoms with Gasteiger partial charge in [-0.1, -0.05) is 12.8 Å². The van der Waals surface area contributed by atoms with Crippen LogP contribution < -0.4 is 5.32 Å². The fourth-order valence-corrected chi connectivity index (χ4v) is 2.02. The van der Waals surface area contributed by atoms with Gasteiger partial charge in [-0.3, -0.25) is 4.79 Å². The van der Waals surface area contributed by atoms with Crippen LogP contribution in [0.4, 0.5) is 0 Å². The average Bonchev–Trinajstić information content (AvgIpc) is 2.28. The molecule has 1 aliphatic carbocycles. The molecule has 4 nitrogen and oxygen atoms in total. The van der Waals surface area contributed by atoms with Crippen molar-refractivity contribution in [1.82, 2.24) is 5.32 Å². The number of aliphatic hydroxyl groups excluding tert-OH is 1. The molecular formula is C11H21NO3. The molecule has 0 heterocycles. The van der Waals surface area contributed by atoms with Gasteiger partial charge < -0.3 is 15.2 Å². The van der Waals surface area contributed by atoms with Gasteiger partial charge in [0.15, 0.2) is 0 Å². The third-order valence-electron chi connectivity index (χ3n) is 3.19. The fraction of sp³-hybridized carbons (Fsp3) is 0.909. The number of aliphatic hydroxyl groups is 1. The molecule has 0 aliphatic heterocycles. The molecule has 0 aromatic carbocycles. The van der Waals surface area contributed by atoms with Crippen molar-refractivity contribution in [3.8, 4) is 0 Å². The topological polar surface area (TPSA) is 58.6 Å². The standard InChI is InChI=1S/C11H21NO3/c1-8(15-2)11(14)12-10-6-4-3-5-9(10)7-13/h8-10,13H,3-7H2,1-2H3,(H,12,14). The molecule has 1 fully saturated rings. The summed E-state index contributed by atoms with van der Waals surface area (Å²) in [6, 6.07) is 0.119. The Morgan fingerprint density at radius 2 is 2.20 bits per heavy atom. The zero-order valence-corrected chi connectivity index (χ0v) is 9.53. The molecule has 0 saturated heterocycles. The Kier molecular flexibility index (Phi) is 5.05. The molecule has 2 N–H and O–H groups in total. The van der Waals surface area contributed by atoms with E-state index in [1.165, 1.54) is 7.11 Å². The molecule has 1 amide bonds. The van der Waals surface area contributed by atoms with Crippen molar-refractivity contribution >= 4 is 5.91 Å². The van der Waals surface area contributed by atoms with Gasteiger partial charge in [-0.15, -0.1) is 0 Å². The summed E-state index contributed by atoms with van der Waals surface area (Å²) in [5.74, 6) is 0.134. The van der Waals surface area contributed by atoms with Crippen LogP contribution in [0.15, 0.2) is 0 Å². The first-order chi connectivity index (χ1) is 7.19. The molecule has 15 heavy (non-hydrogen) atoms. The second kappa shape index (κ2) is 6.08. The SMILES string of the molecule is COC(C)C(=O)NC1CCCCC1CO. The fourth-order valence-electron chi connectivity index (χ4n) is 2.02. The minimum Gasteiger partial charge on any atom is -0.396 e. The molecule has 0 aromatic rings. The van der Waals surface area contributed by atoms with Gasteiger partial charge >= 0.3 is 0 Å². The highest BCUT2D eigenvalue weighted by Crippen LogP contribution is 2.23. The smallest absolute Gasteiger partial charge is 0.249 e. The number of rotatable bonds is 4. The maximum Gasteiger partial charge on any atom is 0.249 e. The Hall–Kier alpha value is -0.610. The molecule has 3 unspecified atom stereocenters. The van der Waals surface area contributed by atoms with Gasteiger partial charge in [0.2, 0.25) is 5.91 Å². The maximum absolute atomic E-state index is 11.6. The first-order valence-corrected chi connectivity index (χ1v) is 5.63. The van der Waals surface area contributed by atoms with E-state index in [0.717, 1.165) is 25.7 Å². The number of nitrogens with one attached hydrogen (secondary N) is 1. The average molecular weight is 215 g/mol. The summed E-state index contributed by atoms with van der Waals surface area (Å²) in [5, 5.41) is 12.1. The number of carbonyl (C=O) groups is 1. The molecule has 4 heteroatoms. The Labute approximate surface area is 91.0 Å². The van der Waals surface area contributed by atoms with Crippen molar-refractivity contribution < 1.29 is 14.6 Å². The predicted molar refractivity (Wildman–Crippen MR) is 57.4 cm³/mol. The Morgan fingerprint density at radius 3 is 2.80 bits per heavy atom. The summed E-state index contributed by atoms with van der Waals surface area (Å²) < 4.78 is 4.95. The van der Waals surface area contributed by atoms with Gasteiger partial charge in [-0.25, -0.2) is 0 Å². The maximum atomic E-state index is 11.6. The molecule has 3 atom stereocenters. The van der Waals surface area contributed by atoms with Gasteiger partial charge in [0.1, 0.15) is 6.10 Å². The van der Waals surface area contributed by atoms with Crippen molar-refractivity contribution in [3.05, 3.63) is 0 Å². The number of carbonyl (C=O) groups excluding carboxylic acids is 1. The van der Waals surface area contributed by atoms with E-state index < -0.39 is 6.10 Å². The highest BCUT2D eigenvalue weighted by Gasteiger charge is 2.27. The van der Waals surface area contributed by atoms with Gasteiger partial charge in [0.25, 0.3) is 0 Å². The third-order valence-corrected chi connectivity index (χ3v) is 3.19. The van der Waals surface area contributed by atoms with Gasteiger partial charge in [0.05, 0.1) is 0 Å². The lowest BCUT2D eigenvalue weighted by Gasteiger charge is -2.31. The van der Waals surface area contributed by atoms with Crippen LogP contribution in [-0.2, 0) is 9.53 Å². The van der Waals surface area contributed by atoms with Crippen molar-refractivity contribution in [2.24, 2.45) is 5.92 Å².